The molecule has 0 aliphatic heterocycles. The molecule has 5 nitrogen and oxygen atoms in total. The summed E-state index contributed by atoms with van der Waals surface area (Å²) < 4.78 is 40.5. The standard InChI is InChI=1S/C10H17F3N2O3/c1-7(16)14-8(9(17)18-3)6-15(2)5-4-10(11,12)13/h8H,4-6H2,1-3H3,(H,14,16). The summed E-state index contributed by atoms with van der Waals surface area (Å²) in [5, 5.41) is 2.32. The number of alkyl halides is 3. The number of hydrogen-bond acceptors (Lipinski definition) is 4. The first kappa shape index (κ1) is 16.7. The van der Waals surface area contributed by atoms with Gasteiger partial charge in [0.15, 0.2) is 0 Å². The van der Waals surface area contributed by atoms with Gasteiger partial charge in [0.1, 0.15) is 6.04 Å². The molecule has 1 atom stereocenters. The van der Waals surface area contributed by atoms with Crippen molar-refractivity contribution in [1.29, 1.82) is 0 Å². The zero-order valence-electron chi connectivity index (χ0n) is 10.5. The highest BCUT2D eigenvalue weighted by molar-refractivity contribution is 5.83. The van der Waals surface area contributed by atoms with E-state index in [1.54, 1.807) is 0 Å². The van der Waals surface area contributed by atoms with Crippen molar-refractivity contribution >= 4 is 11.9 Å². The quantitative estimate of drug-likeness (QED) is 0.716. The van der Waals surface area contributed by atoms with Gasteiger partial charge in [-0.25, -0.2) is 4.79 Å². The van der Waals surface area contributed by atoms with Crippen molar-refractivity contribution in [2.45, 2.75) is 25.6 Å². The SMILES string of the molecule is COC(=O)C(CN(C)CCC(F)(F)F)NC(C)=O. The number of ether oxygens (including phenoxy) is 1. The number of carbonyl (C=O) groups excluding carboxylic acids is 2. The van der Waals surface area contributed by atoms with Gasteiger partial charge in [-0.05, 0) is 7.05 Å². The minimum Gasteiger partial charge on any atom is -0.467 e. The lowest BCUT2D eigenvalue weighted by Gasteiger charge is -2.23. The molecule has 0 fully saturated rings. The van der Waals surface area contributed by atoms with Crippen LogP contribution in [0.2, 0.25) is 0 Å². The predicted octanol–water partition coefficient (Wildman–Crippen LogP) is 0.548. The Bertz CT molecular complexity index is 295. The summed E-state index contributed by atoms with van der Waals surface area (Å²) in [7, 11) is 2.58. The number of hydrogen-bond donors (Lipinski definition) is 1. The molecule has 0 aliphatic rings. The number of nitrogens with one attached hydrogen (secondary N) is 1. The molecule has 0 aromatic carbocycles. The van der Waals surface area contributed by atoms with E-state index in [2.05, 4.69) is 10.1 Å². The van der Waals surface area contributed by atoms with Crippen molar-refractivity contribution in [1.82, 2.24) is 10.2 Å². The van der Waals surface area contributed by atoms with E-state index in [0.717, 1.165) is 7.11 Å². The number of halogens is 3. The smallest absolute Gasteiger partial charge is 0.390 e. The molecule has 0 bridgehead atoms. The minimum atomic E-state index is -4.25. The molecule has 18 heavy (non-hydrogen) atoms. The number of likely N-dealkylation sites (N-methyl/N-ethyl adjacent to an activating group) is 1. The normalized spacial score (nSPS) is 13.3. The molecule has 0 aromatic heterocycles. The summed E-state index contributed by atoms with van der Waals surface area (Å²) in [6.45, 7) is 0.921. The molecule has 8 heteroatoms. The van der Waals surface area contributed by atoms with Crippen molar-refractivity contribution < 1.29 is 27.5 Å². The van der Waals surface area contributed by atoms with Crippen LogP contribution in [0.3, 0.4) is 0 Å². The highest BCUT2D eigenvalue weighted by Gasteiger charge is 2.28. The molecule has 0 heterocycles. The Morgan fingerprint density at radius 2 is 1.94 bits per heavy atom. The van der Waals surface area contributed by atoms with Crippen LogP contribution in [0.1, 0.15) is 13.3 Å². The lowest BCUT2D eigenvalue weighted by atomic mass is 10.2. The van der Waals surface area contributed by atoms with Crippen molar-refractivity contribution in [3.63, 3.8) is 0 Å². The number of rotatable bonds is 6. The van der Waals surface area contributed by atoms with Crippen LogP contribution in [-0.4, -0.2) is 56.2 Å². The van der Waals surface area contributed by atoms with Crippen LogP contribution in [-0.2, 0) is 14.3 Å². The van der Waals surface area contributed by atoms with E-state index < -0.39 is 30.5 Å². The average molecular weight is 270 g/mol. The van der Waals surface area contributed by atoms with Gasteiger partial charge in [0.05, 0.1) is 13.5 Å². The van der Waals surface area contributed by atoms with Gasteiger partial charge in [-0.3, -0.25) is 4.79 Å². The molecule has 0 spiro atoms. The average Bonchev–Trinajstić information content (AvgIpc) is 2.22. The maximum absolute atomic E-state index is 12.0. The summed E-state index contributed by atoms with van der Waals surface area (Å²) in [4.78, 5) is 23.5. The Labute approximate surface area is 103 Å². The molecule has 0 saturated heterocycles. The Hall–Kier alpha value is -1.31. The molecular weight excluding hydrogens is 253 g/mol. The van der Waals surface area contributed by atoms with Gasteiger partial charge >= 0.3 is 12.1 Å². The van der Waals surface area contributed by atoms with Gasteiger partial charge in [0, 0.05) is 20.0 Å². The number of esters is 1. The van der Waals surface area contributed by atoms with Crippen molar-refractivity contribution in [2.75, 3.05) is 27.2 Å². The summed E-state index contributed by atoms with van der Waals surface area (Å²) in [5.74, 6) is -1.14. The topological polar surface area (TPSA) is 58.6 Å². The van der Waals surface area contributed by atoms with Gasteiger partial charge < -0.3 is 15.0 Å². The van der Waals surface area contributed by atoms with E-state index in [4.69, 9.17) is 0 Å². The summed E-state index contributed by atoms with van der Waals surface area (Å²) in [5.41, 5.74) is 0. The minimum absolute atomic E-state index is 0.0394. The Balaban J connectivity index is 4.30. The van der Waals surface area contributed by atoms with E-state index in [-0.39, 0.29) is 13.1 Å². The second kappa shape index (κ2) is 7.20. The van der Waals surface area contributed by atoms with Crippen LogP contribution >= 0.6 is 0 Å². The fourth-order valence-electron chi connectivity index (χ4n) is 1.29. The molecule has 1 N–H and O–H groups in total. The van der Waals surface area contributed by atoms with Crippen LogP contribution in [0.15, 0.2) is 0 Å². The maximum atomic E-state index is 12.0. The van der Waals surface area contributed by atoms with Crippen molar-refractivity contribution in [2.24, 2.45) is 0 Å². The third-order valence-corrected chi connectivity index (χ3v) is 2.13. The van der Waals surface area contributed by atoms with Gasteiger partial charge in [-0.1, -0.05) is 0 Å². The first-order chi connectivity index (χ1) is 8.15. The molecule has 0 saturated carbocycles. The van der Waals surface area contributed by atoms with Gasteiger partial charge in [0.25, 0.3) is 0 Å². The maximum Gasteiger partial charge on any atom is 0.390 e. The van der Waals surface area contributed by atoms with Crippen LogP contribution in [0, 0.1) is 0 Å². The molecule has 0 aromatic rings. The van der Waals surface area contributed by atoms with Crippen LogP contribution in [0.4, 0.5) is 13.2 Å². The fraction of sp³-hybridized carbons (Fsp3) is 0.800. The summed E-state index contributed by atoms with van der Waals surface area (Å²) in [6, 6.07) is -0.967. The van der Waals surface area contributed by atoms with Crippen LogP contribution < -0.4 is 5.32 Å². The molecule has 0 rings (SSSR count). The second-order valence-electron chi connectivity index (χ2n) is 3.90. The molecule has 1 unspecified atom stereocenters. The highest BCUT2D eigenvalue weighted by atomic mass is 19.4. The zero-order valence-corrected chi connectivity index (χ0v) is 10.5. The molecule has 0 aliphatic carbocycles. The number of nitrogens with zero attached hydrogens (tertiary/aromatic N) is 1. The van der Waals surface area contributed by atoms with E-state index in [1.807, 2.05) is 0 Å². The first-order valence-electron chi connectivity index (χ1n) is 5.26. The number of methoxy groups -OCH3 is 1. The fourth-order valence-corrected chi connectivity index (χ4v) is 1.29. The monoisotopic (exact) mass is 270 g/mol. The Morgan fingerprint density at radius 1 is 1.39 bits per heavy atom. The highest BCUT2D eigenvalue weighted by Crippen LogP contribution is 2.19. The molecular formula is C10H17F3N2O3. The molecule has 0 radical (unpaired) electrons. The van der Waals surface area contributed by atoms with E-state index >= 15 is 0 Å². The second-order valence-corrected chi connectivity index (χ2v) is 3.90. The predicted molar refractivity (Wildman–Crippen MR) is 57.8 cm³/mol. The molecule has 1 amide bonds. The molecule has 106 valence electrons. The Kier molecular flexibility index (Phi) is 6.67. The largest absolute Gasteiger partial charge is 0.467 e. The lowest BCUT2D eigenvalue weighted by Crippen LogP contribution is -2.48. The first-order valence-corrected chi connectivity index (χ1v) is 5.26. The van der Waals surface area contributed by atoms with E-state index in [9.17, 15) is 22.8 Å². The number of carbonyl (C=O) groups is 2. The van der Waals surface area contributed by atoms with Gasteiger partial charge in [-0.2, -0.15) is 13.2 Å². The summed E-state index contributed by atoms with van der Waals surface area (Å²) in [6.07, 6.45) is -5.22. The third kappa shape index (κ3) is 7.88. The van der Waals surface area contributed by atoms with Crippen molar-refractivity contribution in [3.05, 3.63) is 0 Å². The van der Waals surface area contributed by atoms with Crippen LogP contribution in [0.5, 0.6) is 0 Å². The number of amides is 1. The van der Waals surface area contributed by atoms with Crippen LogP contribution in [0.25, 0.3) is 0 Å². The lowest BCUT2D eigenvalue weighted by molar-refractivity contribution is -0.146. The zero-order chi connectivity index (χ0) is 14.3. The summed E-state index contributed by atoms with van der Waals surface area (Å²) >= 11 is 0. The van der Waals surface area contributed by atoms with Gasteiger partial charge in [-0.15, -0.1) is 0 Å². The van der Waals surface area contributed by atoms with E-state index in [0.29, 0.717) is 0 Å². The van der Waals surface area contributed by atoms with Crippen molar-refractivity contribution in [3.8, 4) is 0 Å². The Morgan fingerprint density at radius 3 is 2.33 bits per heavy atom. The van der Waals surface area contributed by atoms with Gasteiger partial charge in [0.2, 0.25) is 5.91 Å². The van der Waals surface area contributed by atoms with E-state index in [1.165, 1.54) is 18.9 Å². The third-order valence-electron chi connectivity index (χ3n) is 2.13.